The molecule has 0 radical (unpaired) electrons. The molecule has 0 unspecified atom stereocenters. The molecule has 1 amide bonds. The Hall–Kier alpha value is -1.17. The summed E-state index contributed by atoms with van der Waals surface area (Å²) in [5, 5.41) is 4.85. The van der Waals surface area contributed by atoms with Crippen molar-refractivity contribution in [3.05, 3.63) is 45.1 Å². The van der Waals surface area contributed by atoms with Crippen molar-refractivity contribution in [3.8, 4) is 0 Å². The molecule has 100 valence electrons. The van der Waals surface area contributed by atoms with Gasteiger partial charge in [-0.3, -0.25) is 4.79 Å². The van der Waals surface area contributed by atoms with Crippen molar-refractivity contribution in [1.29, 1.82) is 0 Å². The Morgan fingerprint density at radius 1 is 1.47 bits per heavy atom. The van der Waals surface area contributed by atoms with Gasteiger partial charge in [-0.1, -0.05) is 17.7 Å². The van der Waals surface area contributed by atoms with E-state index in [1.54, 1.807) is 11.4 Å². The normalized spacial score (nSPS) is 10.5. The zero-order valence-electron chi connectivity index (χ0n) is 9.62. The van der Waals surface area contributed by atoms with Crippen LogP contribution in [0.4, 0.5) is 10.1 Å². The highest BCUT2D eigenvalue weighted by atomic mass is 35.5. The summed E-state index contributed by atoms with van der Waals surface area (Å²) in [5.74, 6) is -0.684. The van der Waals surface area contributed by atoms with Crippen molar-refractivity contribution >= 4 is 46.1 Å². The molecule has 19 heavy (non-hydrogen) atoms. The van der Waals surface area contributed by atoms with Gasteiger partial charge in [0, 0.05) is 5.38 Å². The van der Waals surface area contributed by atoms with Crippen LogP contribution in [0.3, 0.4) is 0 Å². The number of aromatic nitrogens is 1. The lowest BCUT2D eigenvalue weighted by Crippen LogP contribution is -2.15. The van der Waals surface area contributed by atoms with E-state index in [2.05, 4.69) is 10.3 Å². The number of benzene rings is 1. The van der Waals surface area contributed by atoms with Crippen LogP contribution in [0.5, 0.6) is 0 Å². The Balaban J connectivity index is 2.03. The average molecular weight is 319 g/mol. The van der Waals surface area contributed by atoms with Crippen molar-refractivity contribution in [3.63, 3.8) is 0 Å². The van der Waals surface area contributed by atoms with Crippen LogP contribution in [0.15, 0.2) is 23.6 Å². The molecule has 0 fully saturated rings. The molecule has 2 rings (SSSR count). The average Bonchev–Trinajstić information content (AvgIpc) is 2.82. The van der Waals surface area contributed by atoms with Gasteiger partial charge in [0.25, 0.3) is 0 Å². The Kier molecular flexibility index (Phi) is 4.74. The first kappa shape index (κ1) is 14.2. The van der Waals surface area contributed by atoms with Gasteiger partial charge >= 0.3 is 0 Å². The van der Waals surface area contributed by atoms with Gasteiger partial charge in [0.05, 0.1) is 28.7 Å². The maximum Gasteiger partial charge on any atom is 0.231 e. The number of nitrogens with one attached hydrogen (secondary N) is 1. The van der Waals surface area contributed by atoms with Gasteiger partial charge in [-0.05, 0) is 12.1 Å². The van der Waals surface area contributed by atoms with Gasteiger partial charge < -0.3 is 5.32 Å². The van der Waals surface area contributed by atoms with Crippen molar-refractivity contribution in [2.75, 3.05) is 5.32 Å². The smallest absolute Gasteiger partial charge is 0.231 e. The second-order valence-corrected chi connectivity index (χ2v) is 5.31. The molecule has 0 spiro atoms. The minimum Gasteiger partial charge on any atom is -0.323 e. The highest BCUT2D eigenvalue weighted by Gasteiger charge is 2.12. The van der Waals surface area contributed by atoms with E-state index < -0.39 is 5.82 Å². The third-order valence-corrected chi connectivity index (χ3v) is 3.74. The largest absolute Gasteiger partial charge is 0.323 e. The first-order valence-corrected chi connectivity index (χ1v) is 7.12. The van der Waals surface area contributed by atoms with Crippen molar-refractivity contribution in [2.45, 2.75) is 12.3 Å². The molecule has 1 aromatic heterocycles. The predicted molar refractivity (Wildman–Crippen MR) is 75.4 cm³/mol. The fourth-order valence-corrected chi connectivity index (χ4v) is 2.62. The lowest BCUT2D eigenvalue weighted by molar-refractivity contribution is -0.115. The van der Waals surface area contributed by atoms with Crippen LogP contribution in [-0.4, -0.2) is 10.9 Å². The molecule has 1 heterocycles. The molecule has 0 bridgehead atoms. The molecule has 0 aliphatic carbocycles. The van der Waals surface area contributed by atoms with Crippen LogP contribution < -0.4 is 5.32 Å². The molecule has 2 aromatic rings. The van der Waals surface area contributed by atoms with Crippen LogP contribution in [0, 0.1) is 5.82 Å². The standard InChI is InChI=1S/C12H9Cl2FN2OS/c13-5-7-6-19-11(16-7)4-10(18)17-9-3-1-2-8(14)12(9)15/h1-3,6H,4-5H2,(H,17,18). The molecule has 0 aliphatic rings. The fraction of sp³-hybridized carbons (Fsp3) is 0.167. The van der Waals surface area contributed by atoms with Crippen molar-refractivity contribution < 1.29 is 9.18 Å². The Bertz CT molecular complexity index is 603. The van der Waals surface area contributed by atoms with Crippen LogP contribution in [0.25, 0.3) is 0 Å². The monoisotopic (exact) mass is 318 g/mol. The number of alkyl halides is 1. The van der Waals surface area contributed by atoms with Gasteiger partial charge in [0.2, 0.25) is 5.91 Å². The number of amides is 1. The molecule has 0 atom stereocenters. The molecule has 7 heteroatoms. The minimum absolute atomic E-state index is 0.0310. The number of hydrogen-bond acceptors (Lipinski definition) is 3. The van der Waals surface area contributed by atoms with E-state index >= 15 is 0 Å². The molecule has 1 N–H and O–H groups in total. The molecule has 1 aromatic carbocycles. The molecule has 3 nitrogen and oxygen atoms in total. The highest BCUT2D eigenvalue weighted by Crippen LogP contribution is 2.22. The number of rotatable bonds is 4. The number of nitrogens with zero attached hydrogens (tertiary/aromatic N) is 1. The van der Waals surface area contributed by atoms with Crippen LogP contribution >= 0.6 is 34.5 Å². The summed E-state index contributed by atoms with van der Waals surface area (Å²) >= 11 is 12.6. The quantitative estimate of drug-likeness (QED) is 0.870. The number of thiazole rings is 1. The van der Waals surface area contributed by atoms with Crippen LogP contribution in [0.2, 0.25) is 5.02 Å². The topological polar surface area (TPSA) is 42.0 Å². The summed E-state index contributed by atoms with van der Waals surface area (Å²) in [4.78, 5) is 15.9. The SMILES string of the molecule is O=C(Cc1nc(CCl)cs1)Nc1cccc(Cl)c1F. The predicted octanol–water partition coefficient (Wildman–Crippen LogP) is 3.86. The molecule has 0 aliphatic heterocycles. The van der Waals surface area contributed by atoms with E-state index in [4.69, 9.17) is 23.2 Å². The van der Waals surface area contributed by atoms with Crippen LogP contribution in [0.1, 0.15) is 10.7 Å². The minimum atomic E-state index is -0.641. The fourth-order valence-electron chi connectivity index (χ4n) is 1.42. The maximum atomic E-state index is 13.6. The number of hydrogen-bond donors (Lipinski definition) is 1. The van der Waals surface area contributed by atoms with Crippen LogP contribution in [-0.2, 0) is 17.1 Å². The van der Waals surface area contributed by atoms with Gasteiger partial charge in [-0.15, -0.1) is 22.9 Å². The lowest BCUT2D eigenvalue weighted by atomic mass is 10.3. The Labute approximate surface area is 123 Å². The molecular weight excluding hydrogens is 310 g/mol. The summed E-state index contributed by atoms with van der Waals surface area (Å²) in [6.07, 6.45) is 0.0769. The van der Waals surface area contributed by atoms with E-state index in [1.807, 2.05) is 0 Å². The summed E-state index contributed by atoms with van der Waals surface area (Å²) in [7, 11) is 0. The summed E-state index contributed by atoms with van der Waals surface area (Å²) in [6.45, 7) is 0. The van der Waals surface area contributed by atoms with Crippen molar-refractivity contribution in [1.82, 2.24) is 4.98 Å². The third-order valence-electron chi connectivity index (χ3n) is 2.27. The number of carbonyl (C=O) groups excluding carboxylic acids is 1. The van der Waals surface area contributed by atoms with E-state index in [-0.39, 0.29) is 23.0 Å². The third kappa shape index (κ3) is 3.65. The van der Waals surface area contributed by atoms with E-state index in [1.165, 1.54) is 23.5 Å². The maximum absolute atomic E-state index is 13.6. The summed E-state index contributed by atoms with van der Waals surface area (Å²) in [5.41, 5.74) is 0.787. The lowest BCUT2D eigenvalue weighted by Gasteiger charge is -2.06. The second-order valence-electron chi connectivity index (χ2n) is 3.69. The Morgan fingerprint density at radius 3 is 2.95 bits per heavy atom. The summed E-state index contributed by atoms with van der Waals surface area (Å²) < 4.78 is 13.6. The van der Waals surface area contributed by atoms with Gasteiger partial charge in [0.15, 0.2) is 5.82 Å². The molecule has 0 saturated carbocycles. The number of anilines is 1. The van der Waals surface area contributed by atoms with E-state index in [0.717, 1.165) is 5.69 Å². The van der Waals surface area contributed by atoms with Gasteiger partial charge in [0.1, 0.15) is 5.01 Å². The number of halogens is 3. The first-order valence-electron chi connectivity index (χ1n) is 5.33. The van der Waals surface area contributed by atoms with Crippen molar-refractivity contribution in [2.24, 2.45) is 0 Å². The zero-order valence-corrected chi connectivity index (χ0v) is 11.9. The Morgan fingerprint density at radius 2 is 2.26 bits per heavy atom. The van der Waals surface area contributed by atoms with E-state index in [9.17, 15) is 9.18 Å². The van der Waals surface area contributed by atoms with Gasteiger partial charge in [-0.2, -0.15) is 0 Å². The summed E-state index contributed by atoms with van der Waals surface area (Å²) in [6, 6.07) is 4.43. The van der Waals surface area contributed by atoms with Gasteiger partial charge in [-0.25, -0.2) is 9.37 Å². The molecular formula is C12H9Cl2FN2OS. The second kappa shape index (κ2) is 6.32. The number of carbonyl (C=O) groups is 1. The highest BCUT2D eigenvalue weighted by molar-refractivity contribution is 7.09. The first-order chi connectivity index (χ1) is 9.10. The zero-order chi connectivity index (χ0) is 13.8. The molecule has 0 saturated heterocycles. The van der Waals surface area contributed by atoms with E-state index in [0.29, 0.717) is 10.9 Å².